The Bertz CT molecular complexity index is 497. The third kappa shape index (κ3) is 1.55. The van der Waals surface area contributed by atoms with Crippen LogP contribution in [0.15, 0.2) is 16.7 Å². The van der Waals surface area contributed by atoms with Crippen molar-refractivity contribution in [3.05, 3.63) is 34.6 Å². The van der Waals surface area contributed by atoms with Gasteiger partial charge in [-0.1, -0.05) is 6.07 Å². The summed E-state index contributed by atoms with van der Waals surface area (Å²) in [5, 5.41) is 4.43. The summed E-state index contributed by atoms with van der Waals surface area (Å²) >= 11 is 0. The fourth-order valence-corrected chi connectivity index (χ4v) is 2.11. The molecule has 0 bridgehead atoms. The maximum atomic E-state index is 5.65. The highest BCUT2D eigenvalue weighted by atomic mass is 16.3. The lowest BCUT2D eigenvalue weighted by atomic mass is 10.00. The zero-order valence-electron chi connectivity index (χ0n) is 9.77. The van der Waals surface area contributed by atoms with Gasteiger partial charge >= 0.3 is 0 Å². The van der Waals surface area contributed by atoms with Gasteiger partial charge in [0.1, 0.15) is 5.58 Å². The highest BCUT2D eigenvalue weighted by molar-refractivity contribution is 5.87. The molecule has 0 radical (unpaired) electrons. The first-order chi connectivity index (χ1) is 7.15. The van der Waals surface area contributed by atoms with Gasteiger partial charge in [0.15, 0.2) is 0 Å². The van der Waals surface area contributed by atoms with Gasteiger partial charge in [0.05, 0.1) is 6.26 Å². The molecule has 0 aliphatic heterocycles. The predicted octanol–water partition coefficient (Wildman–Crippen LogP) is 3.08. The maximum Gasteiger partial charge on any atom is 0.137 e. The Morgan fingerprint density at radius 2 is 1.93 bits per heavy atom. The molecule has 0 aliphatic rings. The minimum absolute atomic E-state index is 0.857. The summed E-state index contributed by atoms with van der Waals surface area (Å²) in [5.41, 5.74) is 6.13. The molecule has 0 atom stereocenters. The summed E-state index contributed by atoms with van der Waals surface area (Å²) in [6, 6.07) is 2.23. The molecular weight excluding hydrogens is 186 g/mol. The van der Waals surface area contributed by atoms with Gasteiger partial charge in [-0.15, -0.1) is 0 Å². The molecule has 15 heavy (non-hydrogen) atoms. The first kappa shape index (κ1) is 10.2. The zero-order chi connectivity index (χ0) is 11.0. The minimum Gasteiger partial charge on any atom is -0.464 e. The van der Waals surface area contributed by atoms with E-state index in [4.69, 9.17) is 4.42 Å². The molecule has 1 N–H and O–H groups in total. The van der Waals surface area contributed by atoms with E-state index >= 15 is 0 Å². The Balaban J connectivity index is 2.75. The number of hydrogen-bond donors (Lipinski definition) is 1. The van der Waals surface area contributed by atoms with Crippen LogP contribution in [-0.4, -0.2) is 7.05 Å². The van der Waals surface area contributed by atoms with Crippen molar-refractivity contribution in [2.75, 3.05) is 7.05 Å². The molecule has 0 spiro atoms. The molecule has 2 nitrogen and oxygen atoms in total. The summed E-state index contributed by atoms with van der Waals surface area (Å²) in [6.07, 6.45) is 1.86. The quantitative estimate of drug-likeness (QED) is 0.811. The molecule has 0 saturated heterocycles. The van der Waals surface area contributed by atoms with Crippen molar-refractivity contribution in [3.8, 4) is 0 Å². The molecule has 2 heteroatoms. The van der Waals surface area contributed by atoms with Crippen molar-refractivity contribution in [2.45, 2.75) is 27.3 Å². The van der Waals surface area contributed by atoms with Crippen LogP contribution in [0.25, 0.3) is 11.0 Å². The Hall–Kier alpha value is -1.28. The van der Waals surface area contributed by atoms with Gasteiger partial charge in [0, 0.05) is 17.5 Å². The van der Waals surface area contributed by atoms with Gasteiger partial charge in [-0.05, 0) is 44.5 Å². The maximum absolute atomic E-state index is 5.65. The molecule has 1 aromatic carbocycles. The molecule has 1 heterocycles. The number of aryl methyl sites for hydroxylation is 3. The largest absolute Gasteiger partial charge is 0.464 e. The molecule has 80 valence electrons. The molecule has 0 amide bonds. The van der Waals surface area contributed by atoms with E-state index in [1.54, 1.807) is 0 Å². The molecule has 2 rings (SSSR count). The molecule has 0 aliphatic carbocycles. The third-order valence-electron chi connectivity index (χ3n) is 2.99. The van der Waals surface area contributed by atoms with Crippen molar-refractivity contribution in [1.29, 1.82) is 0 Å². The molecule has 0 unspecified atom stereocenters. The van der Waals surface area contributed by atoms with Crippen LogP contribution in [0, 0.1) is 20.8 Å². The van der Waals surface area contributed by atoms with Gasteiger partial charge in [-0.3, -0.25) is 0 Å². The predicted molar refractivity (Wildman–Crippen MR) is 63.2 cm³/mol. The second kappa shape index (κ2) is 3.70. The number of hydrogen-bond acceptors (Lipinski definition) is 2. The summed E-state index contributed by atoms with van der Waals surface area (Å²) < 4.78 is 5.65. The summed E-state index contributed by atoms with van der Waals surface area (Å²) in [4.78, 5) is 0. The van der Waals surface area contributed by atoms with Crippen molar-refractivity contribution in [1.82, 2.24) is 5.32 Å². The first-order valence-corrected chi connectivity index (χ1v) is 5.26. The number of nitrogens with one attached hydrogen (secondary N) is 1. The highest BCUT2D eigenvalue weighted by Crippen LogP contribution is 2.29. The van der Waals surface area contributed by atoms with Crippen LogP contribution in [0.1, 0.15) is 22.3 Å². The Morgan fingerprint density at radius 1 is 1.20 bits per heavy atom. The van der Waals surface area contributed by atoms with E-state index in [-0.39, 0.29) is 0 Å². The van der Waals surface area contributed by atoms with Crippen LogP contribution in [0.5, 0.6) is 0 Å². The zero-order valence-corrected chi connectivity index (χ0v) is 9.77. The van der Waals surface area contributed by atoms with Crippen LogP contribution >= 0.6 is 0 Å². The van der Waals surface area contributed by atoms with Gasteiger partial charge in [0.2, 0.25) is 0 Å². The molecule has 0 fully saturated rings. The lowest BCUT2D eigenvalue weighted by Crippen LogP contribution is -2.04. The van der Waals surface area contributed by atoms with Gasteiger partial charge < -0.3 is 9.73 Å². The summed E-state index contributed by atoms with van der Waals surface area (Å²) in [5.74, 6) is 0. The van der Waals surface area contributed by atoms with Gasteiger partial charge in [0.25, 0.3) is 0 Å². The second-order valence-electron chi connectivity index (χ2n) is 4.13. The van der Waals surface area contributed by atoms with Crippen molar-refractivity contribution in [2.24, 2.45) is 0 Å². The number of benzene rings is 1. The Labute approximate surface area is 90.3 Å². The average Bonchev–Trinajstić information content (AvgIpc) is 2.59. The van der Waals surface area contributed by atoms with E-state index in [0.29, 0.717) is 0 Å². The Morgan fingerprint density at radius 3 is 2.60 bits per heavy atom. The smallest absolute Gasteiger partial charge is 0.137 e. The third-order valence-corrected chi connectivity index (χ3v) is 2.99. The van der Waals surface area contributed by atoms with E-state index in [2.05, 4.69) is 32.2 Å². The Kier molecular flexibility index (Phi) is 2.53. The molecule has 1 aromatic heterocycles. The van der Waals surface area contributed by atoms with Crippen LogP contribution < -0.4 is 5.32 Å². The van der Waals surface area contributed by atoms with Crippen molar-refractivity contribution in [3.63, 3.8) is 0 Å². The van der Waals surface area contributed by atoms with E-state index in [0.717, 1.165) is 12.1 Å². The number of fused-ring (bicyclic) bond motifs is 1. The SMILES string of the molecule is CNCc1coc2c(C)c(C)cc(C)c12. The monoisotopic (exact) mass is 203 g/mol. The van der Waals surface area contributed by atoms with E-state index in [9.17, 15) is 0 Å². The van der Waals surface area contributed by atoms with Crippen molar-refractivity contribution >= 4 is 11.0 Å². The summed E-state index contributed by atoms with van der Waals surface area (Å²) in [7, 11) is 1.95. The fourth-order valence-electron chi connectivity index (χ4n) is 2.11. The van der Waals surface area contributed by atoms with Crippen LogP contribution in [0.4, 0.5) is 0 Å². The normalized spacial score (nSPS) is 11.2. The molecule has 0 saturated carbocycles. The second-order valence-corrected chi connectivity index (χ2v) is 4.13. The summed E-state index contributed by atoms with van der Waals surface area (Å²) in [6.45, 7) is 7.24. The van der Waals surface area contributed by atoms with E-state index in [1.807, 2.05) is 13.3 Å². The number of rotatable bonds is 2. The molecular formula is C13H17NO. The fraction of sp³-hybridized carbons (Fsp3) is 0.385. The number of furan rings is 1. The van der Waals surface area contributed by atoms with E-state index < -0.39 is 0 Å². The average molecular weight is 203 g/mol. The molecule has 2 aromatic rings. The van der Waals surface area contributed by atoms with Crippen LogP contribution in [0.2, 0.25) is 0 Å². The van der Waals surface area contributed by atoms with Gasteiger partial charge in [-0.25, -0.2) is 0 Å². The lowest BCUT2D eigenvalue weighted by molar-refractivity contribution is 0.604. The van der Waals surface area contributed by atoms with Crippen LogP contribution in [0.3, 0.4) is 0 Å². The standard InChI is InChI=1S/C13H17NO/c1-8-5-9(2)12-11(6-14-4)7-15-13(12)10(8)3/h5,7,14H,6H2,1-4H3. The lowest BCUT2D eigenvalue weighted by Gasteiger charge is -2.05. The van der Waals surface area contributed by atoms with Crippen LogP contribution in [-0.2, 0) is 6.54 Å². The highest BCUT2D eigenvalue weighted by Gasteiger charge is 2.11. The van der Waals surface area contributed by atoms with E-state index in [1.165, 1.54) is 27.6 Å². The topological polar surface area (TPSA) is 25.2 Å². The van der Waals surface area contributed by atoms with Gasteiger partial charge in [-0.2, -0.15) is 0 Å². The first-order valence-electron chi connectivity index (χ1n) is 5.26. The van der Waals surface area contributed by atoms with Crippen molar-refractivity contribution < 1.29 is 4.42 Å². The minimum atomic E-state index is 0.857.